The quantitative estimate of drug-likeness (QED) is 0.155. The van der Waals surface area contributed by atoms with Gasteiger partial charge in [-0.15, -0.1) is 0 Å². The average Bonchev–Trinajstić information content (AvgIpc) is 2.83. The molecule has 0 spiro atoms. The molecule has 0 saturated heterocycles. The zero-order valence-corrected chi connectivity index (χ0v) is 19.2. The van der Waals surface area contributed by atoms with Crippen LogP contribution in [0.4, 0.5) is 11.4 Å². The molecule has 5 nitrogen and oxygen atoms in total. The smallest absolute Gasteiger partial charge is 0.258 e. The summed E-state index contributed by atoms with van der Waals surface area (Å²) < 4.78 is 4.64. The van der Waals surface area contributed by atoms with Crippen molar-refractivity contribution in [2.24, 2.45) is 0 Å². The summed E-state index contributed by atoms with van der Waals surface area (Å²) in [6, 6.07) is 26.8. The van der Waals surface area contributed by atoms with Gasteiger partial charge < -0.3 is 0 Å². The van der Waals surface area contributed by atoms with Crippen LogP contribution in [0.2, 0.25) is 10.0 Å². The van der Waals surface area contributed by atoms with Crippen molar-refractivity contribution < 1.29 is 4.92 Å². The molecule has 0 atom stereocenters. The Kier molecular flexibility index (Phi) is 6.85. The van der Waals surface area contributed by atoms with Crippen LogP contribution in [0, 0.1) is 21.4 Å². The Balaban J connectivity index is 1.77. The van der Waals surface area contributed by atoms with E-state index < -0.39 is 4.92 Å². The second kappa shape index (κ2) is 9.97. The SMILES string of the molecule is N#Cc1cc(-c2ccc(Cl)cc2)cc(-c2ccc(Cl)cc2)c1[N]Sc1ccc([N+](=O)[O-])cc1. The molecule has 161 valence electrons. The summed E-state index contributed by atoms with van der Waals surface area (Å²) in [7, 11) is 0. The van der Waals surface area contributed by atoms with E-state index in [4.69, 9.17) is 23.2 Å². The molecule has 0 saturated carbocycles. The van der Waals surface area contributed by atoms with Crippen LogP contribution < -0.4 is 4.72 Å². The second-order valence-electron chi connectivity index (χ2n) is 6.98. The normalized spacial score (nSPS) is 10.5. The predicted octanol–water partition coefficient (Wildman–Crippen LogP) is 8.05. The van der Waals surface area contributed by atoms with E-state index in [9.17, 15) is 15.4 Å². The first-order valence-corrected chi connectivity index (χ1v) is 11.2. The van der Waals surface area contributed by atoms with Crippen molar-refractivity contribution in [1.29, 1.82) is 5.26 Å². The zero-order valence-electron chi connectivity index (χ0n) is 16.9. The van der Waals surface area contributed by atoms with E-state index >= 15 is 0 Å². The maximum absolute atomic E-state index is 10.9. The topological polar surface area (TPSA) is 81.0 Å². The predicted molar refractivity (Wildman–Crippen MR) is 133 cm³/mol. The molecule has 4 rings (SSSR count). The molecule has 8 heteroatoms. The first-order chi connectivity index (χ1) is 15.9. The lowest BCUT2D eigenvalue weighted by Crippen LogP contribution is -1.96. The average molecular weight is 491 g/mol. The highest BCUT2D eigenvalue weighted by atomic mass is 35.5. The molecule has 0 bridgehead atoms. The number of nitro groups is 1. The molecule has 0 N–H and O–H groups in total. The third-order valence-electron chi connectivity index (χ3n) is 4.85. The van der Waals surface area contributed by atoms with E-state index in [1.54, 1.807) is 42.5 Å². The second-order valence-corrected chi connectivity index (χ2v) is 8.69. The third-order valence-corrected chi connectivity index (χ3v) is 6.11. The van der Waals surface area contributed by atoms with Crippen molar-refractivity contribution >= 4 is 46.5 Å². The van der Waals surface area contributed by atoms with Crippen molar-refractivity contribution in [3.05, 3.63) is 111 Å². The van der Waals surface area contributed by atoms with Crippen molar-refractivity contribution in [3.63, 3.8) is 0 Å². The number of nitriles is 1. The molecule has 0 fully saturated rings. The number of halogens is 2. The maximum Gasteiger partial charge on any atom is 0.269 e. The fourth-order valence-corrected chi connectivity index (χ4v) is 4.11. The van der Waals surface area contributed by atoms with E-state index in [0.29, 0.717) is 26.2 Å². The summed E-state index contributed by atoms with van der Waals surface area (Å²) in [5.41, 5.74) is 4.32. The number of non-ortho nitro benzene ring substituents is 1. The Bertz CT molecular complexity index is 1350. The van der Waals surface area contributed by atoms with Gasteiger partial charge in [0.25, 0.3) is 5.69 Å². The van der Waals surface area contributed by atoms with Crippen LogP contribution in [0.5, 0.6) is 0 Å². The number of nitrogens with zero attached hydrogens (tertiary/aromatic N) is 3. The molecule has 0 aliphatic heterocycles. The van der Waals surface area contributed by atoms with E-state index in [1.807, 2.05) is 30.3 Å². The van der Waals surface area contributed by atoms with Crippen LogP contribution in [0.25, 0.3) is 22.3 Å². The van der Waals surface area contributed by atoms with E-state index in [0.717, 1.165) is 34.2 Å². The van der Waals surface area contributed by atoms with Gasteiger partial charge in [-0.3, -0.25) is 10.1 Å². The molecule has 4 aromatic carbocycles. The molecule has 33 heavy (non-hydrogen) atoms. The van der Waals surface area contributed by atoms with Crippen molar-refractivity contribution in [2.75, 3.05) is 0 Å². The molecule has 0 aliphatic carbocycles. The molecule has 0 aliphatic rings. The number of hydrogen-bond donors (Lipinski definition) is 0. The number of benzene rings is 4. The maximum atomic E-state index is 10.9. The lowest BCUT2D eigenvalue weighted by molar-refractivity contribution is -0.384. The van der Waals surface area contributed by atoms with Crippen LogP contribution in [0.3, 0.4) is 0 Å². The highest BCUT2D eigenvalue weighted by molar-refractivity contribution is 7.97. The molecule has 0 amide bonds. The van der Waals surface area contributed by atoms with Gasteiger partial charge in [-0.05, 0) is 65.2 Å². The first kappa shape index (κ1) is 22.7. The molecule has 0 unspecified atom stereocenters. The van der Waals surface area contributed by atoms with Crippen LogP contribution in [-0.4, -0.2) is 4.92 Å². The van der Waals surface area contributed by atoms with E-state index in [1.165, 1.54) is 12.1 Å². The minimum Gasteiger partial charge on any atom is -0.258 e. The van der Waals surface area contributed by atoms with Gasteiger partial charge >= 0.3 is 0 Å². The fraction of sp³-hybridized carbons (Fsp3) is 0. The van der Waals surface area contributed by atoms with Crippen molar-refractivity contribution in [3.8, 4) is 28.3 Å². The summed E-state index contributed by atoms with van der Waals surface area (Å²) >= 11 is 13.3. The standard InChI is InChI=1S/C25H14Cl2N3O2S/c26-20-5-1-16(2-6-20)18-13-19(15-28)25(24(14-18)17-3-7-21(27)8-4-17)29-33-23-11-9-22(10-12-23)30(31)32/h1-14H. The molecule has 4 aromatic rings. The van der Waals surface area contributed by atoms with Crippen molar-refractivity contribution in [1.82, 2.24) is 4.72 Å². The van der Waals surface area contributed by atoms with Crippen LogP contribution in [-0.2, 0) is 0 Å². The Morgan fingerprint density at radius 2 is 1.39 bits per heavy atom. The molecule has 1 radical (unpaired) electrons. The molecule has 0 aromatic heterocycles. The van der Waals surface area contributed by atoms with Crippen LogP contribution in [0.15, 0.2) is 89.8 Å². The summed E-state index contributed by atoms with van der Waals surface area (Å²) in [6.45, 7) is 0. The number of rotatable bonds is 6. The summed E-state index contributed by atoms with van der Waals surface area (Å²) in [5.74, 6) is 0. The van der Waals surface area contributed by atoms with E-state index in [2.05, 4.69) is 10.8 Å². The number of nitro benzene ring substituents is 1. The minimum absolute atomic E-state index is 0.00577. The Hall–Kier alpha value is -3.50. The summed E-state index contributed by atoms with van der Waals surface area (Å²) in [5, 5.41) is 22.0. The largest absolute Gasteiger partial charge is 0.269 e. The fourth-order valence-electron chi connectivity index (χ4n) is 3.20. The van der Waals surface area contributed by atoms with Gasteiger partial charge in [-0.25, -0.2) is 4.72 Å². The van der Waals surface area contributed by atoms with E-state index in [-0.39, 0.29) is 5.69 Å². The van der Waals surface area contributed by atoms with Crippen molar-refractivity contribution in [2.45, 2.75) is 4.90 Å². The van der Waals surface area contributed by atoms with Crippen LogP contribution in [0.1, 0.15) is 5.56 Å². The monoisotopic (exact) mass is 490 g/mol. The Labute approximate surface area is 204 Å². The van der Waals surface area contributed by atoms with Gasteiger partial charge in [0.05, 0.1) is 16.2 Å². The number of hydrogen-bond acceptors (Lipinski definition) is 4. The highest BCUT2D eigenvalue weighted by Crippen LogP contribution is 2.39. The molecular formula is C25H14Cl2N3O2S. The van der Waals surface area contributed by atoms with Gasteiger partial charge in [0.2, 0.25) is 0 Å². The summed E-state index contributed by atoms with van der Waals surface area (Å²) in [6.07, 6.45) is 0. The lowest BCUT2D eigenvalue weighted by atomic mass is 9.94. The third kappa shape index (κ3) is 5.29. The zero-order chi connectivity index (χ0) is 23.4. The van der Waals surface area contributed by atoms with Gasteiger partial charge in [0, 0.05) is 44.6 Å². The van der Waals surface area contributed by atoms with Gasteiger partial charge in [0.1, 0.15) is 6.07 Å². The Morgan fingerprint density at radius 3 is 1.94 bits per heavy atom. The molecule has 0 heterocycles. The first-order valence-electron chi connectivity index (χ1n) is 9.67. The van der Waals surface area contributed by atoms with Crippen LogP contribution >= 0.6 is 35.1 Å². The van der Waals surface area contributed by atoms with Gasteiger partial charge in [0.15, 0.2) is 0 Å². The minimum atomic E-state index is -0.451. The lowest BCUT2D eigenvalue weighted by Gasteiger charge is -2.14. The van der Waals surface area contributed by atoms with Gasteiger partial charge in [-0.2, -0.15) is 5.26 Å². The Morgan fingerprint density at radius 1 is 0.818 bits per heavy atom. The summed E-state index contributed by atoms with van der Waals surface area (Å²) in [4.78, 5) is 11.2. The highest BCUT2D eigenvalue weighted by Gasteiger charge is 2.16. The molecular weight excluding hydrogens is 477 g/mol. The van der Waals surface area contributed by atoms with Gasteiger partial charge in [-0.1, -0.05) is 47.5 Å².